The lowest BCUT2D eigenvalue weighted by molar-refractivity contribution is -0.142. The Morgan fingerprint density at radius 1 is 1.00 bits per heavy atom. The van der Waals surface area contributed by atoms with Crippen molar-refractivity contribution in [3.05, 3.63) is 0 Å². The van der Waals surface area contributed by atoms with Crippen LogP contribution < -0.4 is 11.5 Å². The molecule has 0 aromatic carbocycles. The van der Waals surface area contributed by atoms with Gasteiger partial charge >= 0.3 is 11.9 Å². The van der Waals surface area contributed by atoms with Gasteiger partial charge in [0, 0.05) is 0 Å². The van der Waals surface area contributed by atoms with Crippen molar-refractivity contribution in [2.75, 3.05) is 14.2 Å². The number of ether oxygens (including phenoxy) is 2. The number of hydrogen-bond donors (Lipinski definition) is 2. The minimum absolute atomic E-state index is 0.442. The minimum atomic E-state index is -0.653. The van der Waals surface area contributed by atoms with Crippen molar-refractivity contribution in [2.45, 2.75) is 31.3 Å². The molecule has 0 radical (unpaired) electrons. The molecule has 0 amide bonds. The van der Waals surface area contributed by atoms with E-state index in [1.54, 1.807) is 0 Å². The van der Waals surface area contributed by atoms with E-state index in [0.717, 1.165) is 0 Å². The van der Waals surface area contributed by atoms with Crippen molar-refractivity contribution in [2.24, 2.45) is 11.5 Å². The van der Waals surface area contributed by atoms with Gasteiger partial charge in [0.15, 0.2) is 0 Å². The first-order valence-corrected chi connectivity index (χ1v) is 4.69. The van der Waals surface area contributed by atoms with Gasteiger partial charge in [-0.1, -0.05) is 0 Å². The Balaban J connectivity index is 3.70. The molecule has 0 saturated heterocycles. The van der Waals surface area contributed by atoms with E-state index < -0.39 is 24.0 Å². The van der Waals surface area contributed by atoms with Crippen LogP contribution in [0.4, 0.5) is 0 Å². The summed E-state index contributed by atoms with van der Waals surface area (Å²) >= 11 is 0. The number of rotatable bonds is 6. The van der Waals surface area contributed by atoms with Gasteiger partial charge in [0.2, 0.25) is 0 Å². The quantitative estimate of drug-likeness (QED) is 0.563. The molecule has 0 aliphatic heterocycles. The normalized spacial score (nSPS) is 14.1. The van der Waals surface area contributed by atoms with Gasteiger partial charge < -0.3 is 20.9 Å². The summed E-state index contributed by atoms with van der Waals surface area (Å²) in [5.74, 6) is -0.914. The molecule has 0 unspecified atom stereocenters. The molecule has 0 aliphatic carbocycles. The third-order valence-electron chi connectivity index (χ3n) is 2.04. The second kappa shape index (κ2) is 7.19. The highest BCUT2D eigenvalue weighted by atomic mass is 16.5. The molecule has 15 heavy (non-hydrogen) atoms. The number of carbonyl (C=O) groups is 2. The summed E-state index contributed by atoms with van der Waals surface area (Å²) in [6, 6.07) is -1.31. The molecule has 0 bridgehead atoms. The van der Waals surface area contributed by atoms with Crippen LogP contribution in [0, 0.1) is 0 Å². The molecule has 0 fully saturated rings. The van der Waals surface area contributed by atoms with Crippen molar-refractivity contribution in [3.8, 4) is 0 Å². The number of nitrogens with two attached hydrogens (primary N) is 2. The molecular weight excluding hydrogens is 200 g/mol. The topological polar surface area (TPSA) is 105 Å². The molecule has 0 aromatic rings. The molecule has 88 valence electrons. The number of carbonyl (C=O) groups excluding carboxylic acids is 2. The van der Waals surface area contributed by atoms with Crippen LogP contribution in [0.2, 0.25) is 0 Å². The van der Waals surface area contributed by atoms with E-state index in [2.05, 4.69) is 9.47 Å². The van der Waals surface area contributed by atoms with Crippen molar-refractivity contribution < 1.29 is 19.1 Å². The zero-order valence-electron chi connectivity index (χ0n) is 9.06. The van der Waals surface area contributed by atoms with E-state index in [9.17, 15) is 9.59 Å². The lowest BCUT2D eigenvalue weighted by Gasteiger charge is -2.11. The highest BCUT2D eigenvalue weighted by molar-refractivity contribution is 5.75. The van der Waals surface area contributed by atoms with Gasteiger partial charge in [-0.3, -0.25) is 9.59 Å². The smallest absolute Gasteiger partial charge is 0.322 e. The van der Waals surface area contributed by atoms with E-state index in [4.69, 9.17) is 11.5 Å². The molecule has 0 spiro atoms. The average Bonchev–Trinajstić information content (AvgIpc) is 2.26. The Labute approximate surface area is 88.9 Å². The maximum atomic E-state index is 10.9. The van der Waals surface area contributed by atoms with Gasteiger partial charge in [-0.05, 0) is 19.3 Å². The third-order valence-corrected chi connectivity index (χ3v) is 2.04. The van der Waals surface area contributed by atoms with Gasteiger partial charge in [-0.15, -0.1) is 0 Å². The Bertz CT molecular complexity index is 198. The van der Waals surface area contributed by atoms with Gasteiger partial charge in [0.05, 0.1) is 14.2 Å². The molecule has 0 saturated carbocycles. The van der Waals surface area contributed by atoms with Gasteiger partial charge in [-0.25, -0.2) is 0 Å². The van der Waals surface area contributed by atoms with E-state index in [0.29, 0.717) is 19.3 Å². The molecule has 0 aliphatic rings. The maximum Gasteiger partial charge on any atom is 0.322 e. The molecule has 0 aromatic heterocycles. The van der Waals surface area contributed by atoms with Crippen LogP contribution in [0.1, 0.15) is 19.3 Å². The van der Waals surface area contributed by atoms with Crippen molar-refractivity contribution in [1.82, 2.24) is 0 Å². The van der Waals surface area contributed by atoms with Crippen LogP contribution in [0.25, 0.3) is 0 Å². The van der Waals surface area contributed by atoms with Crippen molar-refractivity contribution in [1.29, 1.82) is 0 Å². The summed E-state index contributed by atoms with van der Waals surface area (Å²) in [4.78, 5) is 21.8. The Kier molecular flexibility index (Phi) is 6.64. The van der Waals surface area contributed by atoms with Crippen LogP contribution in [-0.4, -0.2) is 38.2 Å². The standard InChI is InChI=1S/C9H18N2O4/c1-14-8(12)6(10)4-3-5-7(11)9(13)15-2/h6-7H,3-5,10-11H2,1-2H3/t6-,7+. The first-order chi connectivity index (χ1) is 7.02. The van der Waals surface area contributed by atoms with Gasteiger partial charge in [-0.2, -0.15) is 0 Å². The summed E-state index contributed by atoms with van der Waals surface area (Å²) in [5.41, 5.74) is 11.0. The second-order valence-corrected chi connectivity index (χ2v) is 3.19. The van der Waals surface area contributed by atoms with Crippen LogP contribution in [0.3, 0.4) is 0 Å². The fourth-order valence-corrected chi connectivity index (χ4v) is 1.10. The third kappa shape index (κ3) is 5.34. The fraction of sp³-hybridized carbons (Fsp3) is 0.778. The van der Waals surface area contributed by atoms with Gasteiger partial charge in [0.1, 0.15) is 12.1 Å². The van der Waals surface area contributed by atoms with E-state index in [-0.39, 0.29) is 0 Å². The monoisotopic (exact) mass is 218 g/mol. The molecule has 0 heterocycles. The van der Waals surface area contributed by atoms with E-state index >= 15 is 0 Å². The molecular formula is C9H18N2O4. The van der Waals surface area contributed by atoms with Crippen LogP contribution in [0.5, 0.6) is 0 Å². The lowest BCUT2D eigenvalue weighted by Crippen LogP contribution is -2.34. The Morgan fingerprint density at radius 3 is 1.60 bits per heavy atom. The summed E-state index contributed by atoms with van der Waals surface area (Å²) in [7, 11) is 2.56. The first-order valence-electron chi connectivity index (χ1n) is 4.69. The van der Waals surface area contributed by atoms with Crippen LogP contribution in [0.15, 0.2) is 0 Å². The molecule has 2 atom stereocenters. The number of hydrogen-bond acceptors (Lipinski definition) is 6. The highest BCUT2D eigenvalue weighted by Gasteiger charge is 2.16. The van der Waals surface area contributed by atoms with Crippen molar-refractivity contribution >= 4 is 11.9 Å². The molecule has 6 nitrogen and oxygen atoms in total. The Hall–Kier alpha value is -1.14. The summed E-state index contributed by atoms with van der Waals surface area (Å²) < 4.78 is 8.90. The van der Waals surface area contributed by atoms with E-state index in [1.807, 2.05) is 0 Å². The highest BCUT2D eigenvalue weighted by Crippen LogP contribution is 2.03. The zero-order valence-corrected chi connectivity index (χ0v) is 9.06. The van der Waals surface area contributed by atoms with Gasteiger partial charge in [0.25, 0.3) is 0 Å². The lowest BCUT2D eigenvalue weighted by atomic mass is 10.1. The maximum absolute atomic E-state index is 10.9. The largest absolute Gasteiger partial charge is 0.468 e. The fourth-order valence-electron chi connectivity index (χ4n) is 1.10. The average molecular weight is 218 g/mol. The summed E-state index contributed by atoms with van der Waals surface area (Å²) in [5, 5.41) is 0. The summed E-state index contributed by atoms with van der Waals surface area (Å²) in [6.07, 6.45) is 1.46. The number of esters is 2. The minimum Gasteiger partial charge on any atom is -0.468 e. The van der Waals surface area contributed by atoms with Crippen molar-refractivity contribution in [3.63, 3.8) is 0 Å². The Morgan fingerprint density at radius 2 is 1.33 bits per heavy atom. The summed E-state index contributed by atoms with van der Waals surface area (Å²) in [6.45, 7) is 0. The molecule has 4 N–H and O–H groups in total. The first kappa shape index (κ1) is 13.9. The zero-order chi connectivity index (χ0) is 11.8. The molecule has 0 rings (SSSR count). The predicted molar refractivity (Wildman–Crippen MR) is 53.8 cm³/mol. The van der Waals surface area contributed by atoms with E-state index in [1.165, 1.54) is 14.2 Å². The van der Waals surface area contributed by atoms with Crippen LogP contribution in [-0.2, 0) is 19.1 Å². The predicted octanol–water partition coefficient (Wildman–Crippen LogP) is -0.843. The number of methoxy groups -OCH3 is 2. The molecule has 6 heteroatoms. The SMILES string of the molecule is COC(=O)[C@H](N)CCC[C@H](N)C(=O)OC. The second-order valence-electron chi connectivity index (χ2n) is 3.19. The van der Waals surface area contributed by atoms with Crippen LogP contribution >= 0.6 is 0 Å².